The third-order valence-corrected chi connectivity index (χ3v) is 5.16. The molecule has 0 bridgehead atoms. The first-order chi connectivity index (χ1) is 14.2. The molecule has 2 aromatic carbocycles. The topological polar surface area (TPSA) is 38.1 Å². The Bertz CT molecular complexity index is 1210. The van der Waals surface area contributed by atoms with Gasteiger partial charge in [0.2, 0.25) is 0 Å². The fourth-order valence-electron chi connectivity index (χ4n) is 3.53. The number of aryl methyl sites for hydroxylation is 3. The van der Waals surface area contributed by atoms with Crippen LogP contribution in [0.3, 0.4) is 0 Å². The zero-order valence-electron chi connectivity index (χ0n) is 16.9. The van der Waals surface area contributed by atoms with Gasteiger partial charge in [0.05, 0.1) is 23.3 Å². The van der Waals surface area contributed by atoms with Gasteiger partial charge in [-0.05, 0) is 62.2 Å². The molecule has 0 aliphatic carbocycles. The predicted molar refractivity (Wildman–Crippen MR) is 112 cm³/mol. The standard InChI is InChI=1S/C24H21F3N2O/c1-14-11-20(30-16(14)3)13-28-19-8-4-6-18(12-19)22-15(2)10-17-7-5-9-21(23(17)29-22)24(25,26)27/h4-12,28H,13H2,1-3H3. The van der Waals surface area contributed by atoms with E-state index in [9.17, 15) is 13.2 Å². The fourth-order valence-corrected chi connectivity index (χ4v) is 3.53. The summed E-state index contributed by atoms with van der Waals surface area (Å²) in [5.74, 6) is 1.71. The minimum atomic E-state index is -4.46. The number of alkyl halides is 3. The van der Waals surface area contributed by atoms with Crippen LogP contribution < -0.4 is 5.32 Å². The SMILES string of the molecule is Cc1cc2cccc(C(F)(F)F)c2nc1-c1cccc(NCc2cc(C)c(C)o2)c1. The second-order valence-corrected chi connectivity index (χ2v) is 7.42. The number of fused-ring (bicyclic) bond motifs is 1. The Kier molecular flexibility index (Phi) is 5.02. The molecule has 6 heteroatoms. The van der Waals surface area contributed by atoms with Crippen LogP contribution in [0.15, 0.2) is 59.0 Å². The number of rotatable bonds is 4. The lowest BCUT2D eigenvalue weighted by atomic mass is 10.0. The zero-order valence-corrected chi connectivity index (χ0v) is 16.9. The van der Waals surface area contributed by atoms with Crippen LogP contribution >= 0.6 is 0 Å². The smallest absolute Gasteiger partial charge is 0.418 e. The molecular weight excluding hydrogens is 389 g/mol. The quantitative estimate of drug-likeness (QED) is 0.392. The summed E-state index contributed by atoms with van der Waals surface area (Å²) in [5, 5.41) is 3.78. The van der Waals surface area contributed by atoms with E-state index in [1.54, 1.807) is 12.1 Å². The van der Waals surface area contributed by atoms with Gasteiger partial charge in [-0.3, -0.25) is 0 Å². The summed E-state index contributed by atoms with van der Waals surface area (Å²) in [4.78, 5) is 4.42. The Balaban J connectivity index is 1.69. The molecule has 0 atom stereocenters. The van der Waals surface area contributed by atoms with Crippen LogP contribution in [0.1, 0.15) is 28.2 Å². The largest absolute Gasteiger partial charge is 0.464 e. The number of benzene rings is 2. The molecule has 3 nitrogen and oxygen atoms in total. The first kappa shape index (κ1) is 20.0. The second kappa shape index (κ2) is 7.52. The number of hydrogen-bond donors (Lipinski definition) is 1. The van der Waals surface area contributed by atoms with E-state index in [-0.39, 0.29) is 5.52 Å². The maximum absolute atomic E-state index is 13.4. The molecule has 0 saturated heterocycles. The summed E-state index contributed by atoms with van der Waals surface area (Å²) in [6.45, 7) is 6.28. The van der Waals surface area contributed by atoms with Gasteiger partial charge in [-0.25, -0.2) is 4.98 Å². The van der Waals surface area contributed by atoms with Crippen molar-refractivity contribution in [1.82, 2.24) is 4.98 Å². The third-order valence-electron chi connectivity index (χ3n) is 5.16. The summed E-state index contributed by atoms with van der Waals surface area (Å²) in [6, 6.07) is 15.4. The van der Waals surface area contributed by atoms with E-state index in [0.29, 0.717) is 17.6 Å². The maximum atomic E-state index is 13.4. The van der Waals surface area contributed by atoms with Gasteiger partial charge < -0.3 is 9.73 Å². The Morgan fingerprint density at radius 2 is 1.70 bits per heavy atom. The van der Waals surface area contributed by atoms with E-state index in [1.807, 2.05) is 51.1 Å². The Labute approximate surface area is 172 Å². The first-order valence-corrected chi connectivity index (χ1v) is 9.60. The lowest BCUT2D eigenvalue weighted by Gasteiger charge is -2.13. The van der Waals surface area contributed by atoms with Crippen LogP contribution in [-0.2, 0) is 12.7 Å². The van der Waals surface area contributed by atoms with E-state index in [2.05, 4.69) is 10.3 Å². The highest BCUT2D eigenvalue weighted by molar-refractivity contribution is 5.86. The number of nitrogens with zero attached hydrogens (tertiary/aromatic N) is 1. The second-order valence-electron chi connectivity index (χ2n) is 7.42. The fraction of sp³-hybridized carbons (Fsp3) is 0.208. The number of hydrogen-bond acceptors (Lipinski definition) is 3. The van der Waals surface area contributed by atoms with Crippen molar-refractivity contribution in [3.05, 3.63) is 82.8 Å². The first-order valence-electron chi connectivity index (χ1n) is 9.60. The number of para-hydroxylation sites is 1. The molecule has 154 valence electrons. The van der Waals surface area contributed by atoms with Gasteiger partial charge in [-0.1, -0.05) is 24.3 Å². The number of aromatic nitrogens is 1. The summed E-state index contributed by atoms with van der Waals surface area (Å²) in [6.07, 6.45) is -4.46. The summed E-state index contributed by atoms with van der Waals surface area (Å²) >= 11 is 0. The van der Waals surface area contributed by atoms with Gasteiger partial charge in [-0.15, -0.1) is 0 Å². The molecule has 0 aliphatic rings. The molecular formula is C24H21F3N2O. The molecule has 0 fully saturated rings. The van der Waals surface area contributed by atoms with Crippen LogP contribution in [0, 0.1) is 20.8 Å². The molecule has 0 amide bonds. The van der Waals surface area contributed by atoms with Crippen molar-refractivity contribution < 1.29 is 17.6 Å². The number of halogens is 3. The van der Waals surface area contributed by atoms with Crippen molar-refractivity contribution in [2.75, 3.05) is 5.32 Å². The van der Waals surface area contributed by atoms with E-state index < -0.39 is 11.7 Å². The van der Waals surface area contributed by atoms with Crippen LogP contribution in [-0.4, -0.2) is 4.98 Å². The highest BCUT2D eigenvalue weighted by atomic mass is 19.4. The number of pyridine rings is 1. The molecule has 4 aromatic rings. The monoisotopic (exact) mass is 410 g/mol. The molecule has 0 saturated carbocycles. The minimum Gasteiger partial charge on any atom is -0.464 e. The van der Waals surface area contributed by atoms with Gasteiger partial charge in [-0.2, -0.15) is 13.2 Å². The Hall–Kier alpha value is -3.28. The minimum absolute atomic E-state index is 0.0366. The molecule has 0 unspecified atom stereocenters. The average molecular weight is 410 g/mol. The molecule has 4 rings (SSSR count). The van der Waals surface area contributed by atoms with Gasteiger partial charge in [0.25, 0.3) is 0 Å². The van der Waals surface area contributed by atoms with Crippen LogP contribution in [0.2, 0.25) is 0 Å². The predicted octanol–water partition coefficient (Wildman–Crippen LogP) is 7.05. The lowest BCUT2D eigenvalue weighted by Crippen LogP contribution is -2.07. The van der Waals surface area contributed by atoms with Crippen molar-refractivity contribution in [3.8, 4) is 11.3 Å². The lowest BCUT2D eigenvalue weighted by molar-refractivity contribution is -0.136. The summed E-state index contributed by atoms with van der Waals surface area (Å²) in [5.41, 5.74) is 3.28. The van der Waals surface area contributed by atoms with Crippen molar-refractivity contribution in [1.29, 1.82) is 0 Å². The highest BCUT2D eigenvalue weighted by Gasteiger charge is 2.33. The average Bonchev–Trinajstić information content (AvgIpc) is 3.02. The van der Waals surface area contributed by atoms with Crippen molar-refractivity contribution in [3.63, 3.8) is 0 Å². The van der Waals surface area contributed by atoms with E-state index >= 15 is 0 Å². The molecule has 0 spiro atoms. The third kappa shape index (κ3) is 3.90. The Morgan fingerprint density at radius 1 is 0.933 bits per heavy atom. The van der Waals surface area contributed by atoms with E-state index in [4.69, 9.17) is 4.42 Å². The van der Waals surface area contributed by atoms with Crippen LogP contribution in [0.5, 0.6) is 0 Å². The molecule has 2 aromatic heterocycles. The van der Waals surface area contributed by atoms with Gasteiger partial charge in [0.1, 0.15) is 11.5 Å². The van der Waals surface area contributed by atoms with E-state index in [0.717, 1.165) is 40.0 Å². The van der Waals surface area contributed by atoms with Gasteiger partial charge in [0.15, 0.2) is 0 Å². The molecule has 2 heterocycles. The normalized spacial score (nSPS) is 11.8. The number of nitrogens with one attached hydrogen (secondary N) is 1. The van der Waals surface area contributed by atoms with Crippen molar-refractivity contribution in [2.45, 2.75) is 33.5 Å². The summed E-state index contributed by atoms with van der Waals surface area (Å²) < 4.78 is 46.0. The van der Waals surface area contributed by atoms with Crippen molar-refractivity contribution in [2.24, 2.45) is 0 Å². The van der Waals surface area contributed by atoms with E-state index in [1.165, 1.54) is 6.07 Å². The van der Waals surface area contributed by atoms with Gasteiger partial charge in [0, 0.05) is 16.6 Å². The van der Waals surface area contributed by atoms with Crippen LogP contribution in [0.4, 0.5) is 18.9 Å². The molecule has 30 heavy (non-hydrogen) atoms. The number of furan rings is 1. The zero-order chi connectivity index (χ0) is 21.5. The highest BCUT2D eigenvalue weighted by Crippen LogP contribution is 2.36. The Morgan fingerprint density at radius 3 is 2.40 bits per heavy atom. The van der Waals surface area contributed by atoms with Crippen LogP contribution in [0.25, 0.3) is 22.2 Å². The van der Waals surface area contributed by atoms with Gasteiger partial charge >= 0.3 is 6.18 Å². The van der Waals surface area contributed by atoms with Crippen molar-refractivity contribution >= 4 is 16.6 Å². The maximum Gasteiger partial charge on any atom is 0.418 e. The molecule has 0 radical (unpaired) electrons. The molecule has 1 N–H and O–H groups in total. The number of anilines is 1. The molecule has 0 aliphatic heterocycles. The summed E-state index contributed by atoms with van der Waals surface area (Å²) in [7, 11) is 0.